The van der Waals surface area contributed by atoms with Crippen LogP contribution in [-0.4, -0.2) is 11.9 Å². The van der Waals surface area contributed by atoms with Crippen molar-refractivity contribution < 1.29 is 4.79 Å². The third-order valence-electron chi connectivity index (χ3n) is 3.69. The number of hydrogen-bond acceptors (Lipinski definition) is 2. The number of aryl methyl sites for hydroxylation is 3. The molecule has 0 saturated heterocycles. The first-order valence-corrected chi connectivity index (χ1v) is 7.17. The van der Waals surface area contributed by atoms with Crippen molar-refractivity contribution in [2.45, 2.75) is 33.7 Å². The second-order valence-corrected chi connectivity index (χ2v) is 5.47. The van der Waals surface area contributed by atoms with Gasteiger partial charge in [0.05, 0.1) is 0 Å². The van der Waals surface area contributed by atoms with Crippen molar-refractivity contribution in [3.8, 4) is 0 Å². The first-order valence-electron chi connectivity index (χ1n) is 7.17. The van der Waals surface area contributed by atoms with Crippen LogP contribution in [0.25, 0.3) is 0 Å². The highest BCUT2D eigenvalue weighted by atomic mass is 16.2. The molecular weight excluding hydrogens is 260 g/mol. The maximum atomic E-state index is 12.2. The van der Waals surface area contributed by atoms with Gasteiger partial charge < -0.3 is 10.6 Å². The van der Waals surface area contributed by atoms with E-state index in [1.807, 2.05) is 44.2 Å². The summed E-state index contributed by atoms with van der Waals surface area (Å²) in [5.74, 6) is -0.0393. The van der Waals surface area contributed by atoms with Crippen LogP contribution in [0.15, 0.2) is 42.5 Å². The molecule has 0 saturated carbocycles. The zero-order valence-corrected chi connectivity index (χ0v) is 13.0. The second-order valence-electron chi connectivity index (χ2n) is 5.47. The van der Waals surface area contributed by atoms with Crippen molar-refractivity contribution in [2.24, 2.45) is 0 Å². The third-order valence-corrected chi connectivity index (χ3v) is 3.69. The number of rotatable bonds is 4. The van der Waals surface area contributed by atoms with Crippen LogP contribution in [0.3, 0.4) is 0 Å². The Balaban J connectivity index is 2.02. The predicted molar refractivity (Wildman–Crippen MR) is 88.8 cm³/mol. The highest BCUT2D eigenvalue weighted by Crippen LogP contribution is 2.17. The van der Waals surface area contributed by atoms with Gasteiger partial charge in [-0.2, -0.15) is 0 Å². The fourth-order valence-electron chi connectivity index (χ4n) is 2.10. The number of carbonyl (C=O) groups is 1. The quantitative estimate of drug-likeness (QED) is 0.888. The summed E-state index contributed by atoms with van der Waals surface area (Å²) in [5.41, 5.74) is 5.34. The van der Waals surface area contributed by atoms with E-state index in [1.165, 1.54) is 11.1 Å². The van der Waals surface area contributed by atoms with Gasteiger partial charge in [0.25, 0.3) is 0 Å². The topological polar surface area (TPSA) is 41.1 Å². The van der Waals surface area contributed by atoms with Crippen molar-refractivity contribution in [3.05, 3.63) is 59.2 Å². The molecule has 2 aromatic carbocycles. The molecule has 1 atom stereocenters. The molecular formula is C18H22N2O. The van der Waals surface area contributed by atoms with E-state index in [4.69, 9.17) is 0 Å². The Kier molecular flexibility index (Phi) is 4.63. The smallest absolute Gasteiger partial charge is 0.246 e. The van der Waals surface area contributed by atoms with Gasteiger partial charge in [-0.1, -0.05) is 24.3 Å². The average Bonchev–Trinajstić information content (AvgIpc) is 2.45. The van der Waals surface area contributed by atoms with E-state index in [0.717, 1.165) is 16.9 Å². The molecule has 0 aromatic heterocycles. The summed E-state index contributed by atoms with van der Waals surface area (Å²) in [6.45, 7) is 7.99. The van der Waals surface area contributed by atoms with Crippen molar-refractivity contribution >= 4 is 17.3 Å². The molecule has 0 aliphatic heterocycles. The Labute approximate surface area is 126 Å². The second kappa shape index (κ2) is 6.44. The predicted octanol–water partition coefficient (Wildman–Crippen LogP) is 4.05. The number of nitrogens with one attached hydrogen (secondary N) is 2. The fraction of sp³-hybridized carbons (Fsp3) is 0.278. The first kappa shape index (κ1) is 15.1. The lowest BCUT2D eigenvalue weighted by molar-refractivity contribution is -0.116. The number of benzene rings is 2. The summed E-state index contributed by atoms with van der Waals surface area (Å²) in [7, 11) is 0. The van der Waals surface area contributed by atoms with Gasteiger partial charge in [0, 0.05) is 11.4 Å². The molecule has 2 rings (SSSR count). The third kappa shape index (κ3) is 3.85. The molecule has 0 heterocycles. The highest BCUT2D eigenvalue weighted by molar-refractivity contribution is 5.96. The van der Waals surface area contributed by atoms with E-state index < -0.39 is 0 Å². The van der Waals surface area contributed by atoms with Gasteiger partial charge in [0.1, 0.15) is 6.04 Å². The van der Waals surface area contributed by atoms with Gasteiger partial charge in [0.2, 0.25) is 5.91 Å². The molecule has 1 unspecified atom stereocenters. The van der Waals surface area contributed by atoms with Gasteiger partial charge in [-0.25, -0.2) is 0 Å². The van der Waals surface area contributed by atoms with Gasteiger partial charge in [-0.05, 0) is 62.6 Å². The normalized spacial score (nSPS) is 11.8. The van der Waals surface area contributed by atoms with E-state index in [9.17, 15) is 4.79 Å². The first-order chi connectivity index (χ1) is 9.97. The molecule has 3 nitrogen and oxygen atoms in total. The van der Waals surface area contributed by atoms with Crippen molar-refractivity contribution in [1.82, 2.24) is 0 Å². The van der Waals surface area contributed by atoms with E-state index in [2.05, 4.69) is 36.6 Å². The Bertz CT molecular complexity index is 649. The van der Waals surface area contributed by atoms with Crippen LogP contribution < -0.4 is 10.6 Å². The van der Waals surface area contributed by atoms with Crippen LogP contribution in [0, 0.1) is 20.8 Å². The summed E-state index contributed by atoms with van der Waals surface area (Å²) in [5, 5.41) is 6.19. The number of para-hydroxylation sites is 1. The highest BCUT2D eigenvalue weighted by Gasteiger charge is 2.13. The SMILES string of the molecule is Cc1ccc(NC(C)C(=O)Nc2ccccc2C)cc1C. The van der Waals surface area contributed by atoms with E-state index >= 15 is 0 Å². The molecule has 2 N–H and O–H groups in total. The Morgan fingerprint density at radius 2 is 1.67 bits per heavy atom. The van der Waals surface area contributed by atoms with Crippen LogP contribution in [0.4, 0.5) is 11.4 Å². The molecule has 2 aromatic rings. The minimum Gasteiger partial charge on any atom is -0.374 e. The van der Waals surface area contributed by atoms with Crippen LogP contribution in [0.2, 0.25) is 0 Å². The summed E-state index contributed by atoms with van der Waals surface area (Å²) < 4.78 is 0. The Morgan fingerprint density at radius 1 is 0.952 bits per heavy atom. The molecule has 1 amide bonds. The van der Waals surface area contributed by atoms with Gasteiger partial charge >= 0.3 is 0 Å². The zero-order chi connectivity index (χ0) is 15.4. The van der Waals surface area contributed by atoms with Crippen molar-refractivity contribution in [2.75, 3.05) is 10.6 Å². The monoisotopic (exact) mass is 282 g/mol. The van der Waals surface area contributed by atoms with Crippen LogP contribution >= 0.6 is 0 Å². The number of amides is 1. The van der Waals surface area contributed by atoms with Crippen molar-refractivity contribution in [3.63, 3.8) is 0 Å². The Morgan fingerprint density at radius 3 is 2.33 bits per heavy atom. The van der Waals surface area contributed by atoms with Crippen molar-refractivity contribution in [1.29, 1.82) is 0 Å². The van der Waals surface area contributed by atoms with E-state index in [0.29, 0.717) is 0 Å². The minimum atomic E-state index is -0.299. The molecule has 21 heavy (non-hydrogen) atoms. The van der Waals surface area contributed by atoms with Gasteiger partial charge in [0.15, 0.2) is 0 Å². The zero-order valence-electron chi connectivity index (χ0n) is 13.0. The van der Waals surface area contributed by atoms with Crippen LogP contribution in [-0.2, 0) is 4.79 Å². The number of anilines is 2. The van der Waals surface area contributed by atoms with Crippen LogP contribution in [0.5, 0.6) is 0 Å². The minimum absolute atomic E-state index is 0.0393. The lowest BCUT2D eigenvalue weighted by Crippen LogP contribution is -2.32. The summed E-state index contributed by atoms with van der Waals surface area (Å²) in [4.78, 5) is 12.2. The largest absolute Gasteiger partial charge is 0.374 e. The lowest BCUT2D eigenvalue weighted by Gasteiger charge is -2.17. The van der Waals surface area contributed by atoms with Crippen LogP contribution in [0.1, 0.15) is 23.6 Å². The summed E-state index contributed by atoms with van der Waals surface area (Å²) >= 11 is 0. The van der Waals surface area contributed by atoms with Gasteiger partial charge in [-0.15, -0.1) is 0 Å². The molecule has 3 heteroatoms. The van der Waals surface area contributed by atoms with E-state index in [1.54, 1.807) is 0 Å². The molecule has 0 aliphatic carbocycles. The van der Waals surface area contributed by atoms with Gasteiger partial charge in [-0.3, -0.25) is 4.79 Å². The molecule has 0 fully saturated rings. The molecule has 110 valence electrons. The molecule has 0 radical (unpaired) electrons. The van der Waals surface area contributed by atoms with E-state index in [-0.39, 0.29) is 11.9 Å². The maximum absolute atomic E-state index is 12.2. The Hall–Kier alpha value is -2.29. The fourth-order valence-corrected chi connectivity index (χ4v) is 2.10. The summed E-state index contributed by atoms with van der Waals surface area (Å²) in [6.07, 6.45) is 0. The summed E-state index contributed by atoms with van der Waals surface area (Å²) in [6, 6.07) is 13.6. The lowest BCUT2D eigenvalue weighted by atomic mass is 10.1. The maximum Gasteiger partial charge on any atom is 0.246 e. The number of hydrogen-bond donors (Lipinski definition) is 2. The molecule has 0 aliphatic rings. The molecule has 0 bridgehead atoms. The number of carbonyl (C=O) groups excluding carboxylic acids is 1. The standard InChI is InChI=1S/C18H22N2O/c1-12-9-10-16(11-14(12)3)19-15(4)18(21)20-17-8-6-5-7-13(17)2/h5-11,15,19H,1-4H3,(H,20,21). The molecule has 0 spiro atoms. The average molecular weight is 282 g/mol.